The van der Waals surface area contributed by atoms with E-state index in [-0.39, 0.29) is 5.91 Å². The first-order chi connectivity index (χ1) is 16.1. The molecular formula is C23H24N6O2S2. The first-order valence-corrected chi connectivity index (χ1v) is 11.8. The van der Waals surface area contributed by atoms with Gasteiger partial charge in [-0.25, -0.2) is 4.98 Å². The Kier molecular flexibility index (Phi) is 7.59. The maximum absolute atomic E-state index is 12.4. The summed E-state index contributed by atoms with van der Waals surface area (Å²) in [5.74, 6) is 1.45. The van der Waals surface area contributed by atoms with Crippen molar-refractivity contribution in [3.05, 3.63) is 64.0 Å². The molecule has 0 atom stereocenters. The van der Waals surface area contributed by atoms with Crippen LogP contribution in [0.2, 0.25) is 0 Å². The number of H-pyrrole nitrogens is 1. The number of ether oxygens (including phenoxy) is 1. The summed E-state index contributed by atoms with van der Waals surface area (Å²) in [7, 11) is 1.63. The number of carbonyl (C=O) groups excluding carboxylic acids is 1. The largest absolute Gasteiger partial charge is 0.497 e. The summed E-state index contributed by atoms with van der Waals surface area (Å²) in [6.07, 6.45) is 5.50. The summed E-state index contributed by atoms with van der Waals surface area (Å²) >= 11 is 6.99. The zero-order chi connectivity index (χ0) is 23.0. The van der Waals surface area contributed by atoms with Crippen LogP contribution in [0.3, 0.4) is 0 Å². The van der Waals surface area contributed by atoms with E-state index in [0.717, 1.165) is 40.4 Å². The monoisotopic (exact) mass is 480 g/mol. The molecule has 1 aromatic carbocycles. The van der Waals surface area contributed by atoms with Crippen LogP contribution >= 0.6 is 23.6 Å². The predicted molar refractivity (Wildman–Crippen MR) is 131 cm³/mol. The standard InChI is InChI=1S/C23H24N6O2S2/c1-31-18-6-4-17(5-7-18)22-27-28-23(32)29(22)14-10-20(30)25-11-2-3-21-26-19(15-33-21)16-8-12-24-13-9-16/h4-9,12-13,15H,2-3,10-11,14H2,1H3,(H,25,30)(H,28,32). The van der Waals surface area contributed by atoms with Crippen molar-refractivity contribution in [2.75, 3.05) is 13.7 Å². The van der Waals surface area contributed by atoms with Gasteiger partial charge < -0.3 is 10.1 Å². The molecule has 0 fully saturated rings. The topological polar surface area (TPSA) is 97.7 Å². The van der Waals surface area contributed by atoms with Crippen molar-refractivity contribution in [3.8, 4) is 28.4 Å². The van der Waals surface area contributed by atoms with Gasteiger partial charge in [-0.1, -0.05) is 0 Å². The molecule has 10 heteroatoms. The fourth-order valence-electron chi connectivity index (χ4n) is 3.34. The maximum Gasteiger partial charge on any atom is 0.221 e. The molecule has 0 aliphatic heterocycles. The summed E-state index contributed by atoms with van der Waals surface area (Å²) in [5.41, 5.74) is 2.93. The van der Waals surface area contributed by atoms with E-state index in [1.165, 1.54) is 0 Å². The Hall–Kier alpha value is -3.37. The van der Waals surface area contributed by atoms with Crippen molar-refractivity contribution in [1.29, 1.82) is 0 Å². The van der Waals surface area contributed by atoms with Crippen LogP contribution in [0.4, 0.5) is 0 Å². The van der Waals surface area contributed by atoms with Gasteiger partial charge in [0.15, 0.2) is 10.6 Å². The van der Waals surface area contributed by atoms with E-state index >= 15 is 0 Å². The molecule has 4 rings (SSSR count). The summed E-state index contributed by atoms with van der Waals surface area (Å²) in [4.78, 5) is 21.1. The molecule has 0 spiro atoms. The number of aryl methyl sites for hydroxylation is 1. The Labute approximate surface area is 200 Å². The van der Waals surface area contributed by atoms with E-state index < -0.39 is 0 Å². The molecule has 8 nitrogen and oxygen atoms in total. The van der Waals surface area contributed by atoms with Crippen LogP contribution in [0.15, 0.2) is 54.2 Å². The van der Waals surface area contributed by atoms with Crippen LogP contribution in [0.1, 0.15) is 17.8 Å². The molecule has 3 heterocycles. The summed E-state index contributed by atoms with van der Waals surface area (Å²) in [5, 5.41) is 13.2. The molecule has 33 heavy (non-hydrogen) atoms. The Morgan fingerprint density at radius 1 is 1.18 bits per heavy atom. The van der Waals surface area contributed by atoms with Crippen molar-refractivity contribution in [2.45, 2.75) is 25.8 Å². The second kappa shape index (κ2) is 11.0. The van der Waals surface area contributed by atoms with Crippen LogP contribution in [0, 0.1) is 4.77 Å². The van der Waals surface area contributed by atoms with Gasteiger partial charge >= 0.3 is 0 Å². The predicted octanol–water partition coefficient (Wildman–Crippen LogP) is 4.27. The third kappa shape index (κ3) is 5.91. The average Bonchev–Trinajstić information content (AvgIpc) is 3.48. The minimum absolute atomic E-state index is 0.0182. The average molecular weight is 481 g/mol. The summed E-state index contributed by atoms with van der Waals surface area (Å²) < 4.78 is 7.53. The number of nitrogens with one attached hydrogen (secondary N) is 2. The van der Waals surface area contributed by atoms with Gasteiger partial charge in [-0.3, -0.25) is 19.4 Å². The number of hydrogen-bond acceptors (Lipinski definition) is 7. The second-order valence-electron chi connectivity index (χ2n) is 7.30. The SMILES string of the molecule is COc1ccc(-c2n[nH]c(=S)n2CCC(=O)NCCCc2nc(-c3ccncc3)cs2)cc1. The quantitative estimate of drug-likeness (QED) is 0.260. The fraction of sp³-hybridized carbons (Fsp3) is 0.261. The lowest BCUT2D eigenvalue weighted by atomic mass is 10.2. The number of benzene rings is 1. The van der Waals surface area contributed by atoms with E-state index in [9.17, 15) is 4.79 Å². The van der Waals surface area contributed by atoms with Crippen molar-refractivity contribution in [1.82, 2.24) is 30.0 Å². The third-order valence-corrected chi connectivity index (χ3v) is 6.31. The highest BCUT2D eigenvalue weighted by atomic mass is 32.1. The Morgan fingerprint density at radius 3 is 2.73 bits per heavy atom. The van der Waals surface area contributed by atoms with Gasteiger partial charge in [0.1, 0.15) is 5.75 Å². The van der Waals surface area contributed by atoms with Crippen LogP contribution in [-0.4, -0.2) is 44.3 Å². The highest BCUT2D eigenvalue weighted by Crippen LogP contribution is 2.22. The van der Waals surface area contributed by atoms with Crippen LogP contribution < -0.4 is 10.1 Å². The zero-order valence-corrected chi connectivity index (χ0v) is 19.8. The van der Waals surface area contributed by atoms with Crippen molar-refractivity contribution >= 4 is 29.5 Å². The van der Waals surface area contributed by atoms with E-state index in [4.69, 9.17) is 17.0 Å². The zero-order valence-electron chi connectivity index (χ0n) is 18.2. The number of methoxy groups -OCH3 is 1. The molecule has 0 radical (unpaired) electrons. The number of pyridine rings is 1. The normalized spacial score (nSPS) is 10.8. The molecule has 3 aromatic heterocycles. The molecule has 0 aliphatic carbocycles. The van der Waals surface area contributed by atoms with Gasteiger partial charge in [0.25, 0.3) is 0 Å². The number of aromatic nitrogens is 5. The number of rotatable bonds is 10. The van der Waals surface area contributed by atoms with Crippen molar-refractivity contribution < 1.29 is 9.53 Å². The lowest BCUT2D eigenvalue weighted by molar-refractivity contribution is -0.121. The number of aromatic amines is 1. The maximum atomic E-state index is 12.4. The van der Waals surface area contributed by atoms with E-state index in [2.05, 4.69) is 30.9 Å². The minimum atomic E-state index is -0.0182. The molecular weight excluding hydrogens is 456 g/mol. The number of hydrogen-bond donors (Lipinski definition) is 2. The number of carbonyl (C=O) groups is 1. The van der Waals surface area contributed by atoms with Gasteiger partial charge in [0.05, 0.1) is 17.8 Å². The number of amides is 1. The highest BCUT2D eigenvalue weighted by molar-refractivity contribution is 7.71. The van der Waals surface area contributed by atoms with Crippen LogP contribution in [0.25, 0.3) is 22.6 Å². The van der Waals surface area contributed by atoms with Crippen molar-refractivity contribution in [3.63, 3.8) is 0 Å². The molecule has 4 aromatic rings. The molecule has 0 unspecified atom stereocenters. The minimum Gasteiger partial charge on any atom is -0.497 e. The smallest absolute Gasteiger partial charge is 0.221 e. The van der Waals surface area contributed by atoms with Gasteiger partial charge in [-0.05, 0) is 55.0 Å². The summed E-state index contributed by atoms with van der Waals surface area (Å²) in [6, 6.07) is 11.5. The lowest BCUT2D eigenvalue weighted by Gasteiger charge is -2.08. The number of thiazole rings is 1. The molecule has 0 aliphatic rings. The van der Waals surface area contributed by atoms with Gasteiger partial charge in [0, 0.05) is 54.8 Å². The molecule has 170 valence electrons. The Balaban J connectivity index is 1.24. The van der Waals surface area contributed by atoms with Gasteiger partial charge in [-0.2, -0.15) is 5.10 Å². The Morgan fingerprint density at radius 2 is 1.97 bits per heavy atom. The van der Waals surface area contributed by atoms with E-state index in [1.807, 2.05) is 41.0 Å². The first kappa shape index (κ1) is 22.8. The van der Waals surface area contributed by atoms with Gasteiger partial charge in [0.2, 0.25) is 5.91 Å². The van der Waals surface area contributed by atoms with Gasteiger partial charge in [-0.15, -0.1) is 11.3 Å². The van der Waals surface area contributed by atoms with Crippen LogP contribution in [0.5, 0.6) is 5.75 Å². The second-order valence-corrected chi connectivity index (χ2v) is 8.63. The molecule has 2 N–H and O–H groups in total. The number of nitrogens with zero attached hydrogens (tertiary/aromatic N) is 4. The molecule has 0 saturated carbocycles. The fourth-order valence-corrected chi connectivity index (χ4v) is 4.41. The molecule has 0 saturated heterocycles. The van der Waals surface area contributed by atoms with Crippen molar-refractivity contribution in [2.24, 2.45) is 0 Å². The van der Waals surface area contributed by atoms with Crippen LogP contribution in [-0.2, 0) is 17.8 Å². The molecule has 1 amide bonds. The first-order valence-electron chi connectivity index (χ1n) is 10.5. The lowest BCUT2D eigenvalue weighted by Crippen LogP contribution is -2.25. The highest BCUT2D eigenvalue weighted by Gasteiger charge is 2.11. The van der Waals surface area contributed by atoms with E-state index in [1.54, 1.807) is 30.8 Å². The Bertz CT molecular complexity index is 1250. The summed E-state index contributed by atoms with van der Waals surface area (Å²) in [6.45, 7) is 1.05. The third-order valence-electron chi connectivity index (χ3n) is 5.09. The molecule has 0 bridgehead atoms. The van der Waals surface area contributed by atoms with E-state index in [0.29, 0.717) is 30.1 Å².